The number of carbonyl (C=O) groups excluding carboxylic acids is 2. The van der Waals surface area contributed by atoms with Crippen LogP contribution in [0.25, 0.3) is 0 Å². The lowest BCUT2D eigenvalue weighted by atomic mass is 10.3. The second-order valence-corrected chi connectivity index (χ2v) is 6.69. The summed E-state index contributed by atoms with van der Waals surface area (Å²) in [7, 11) is -3.56. The number of piperazine rings is 1. The summed E-state index contributed by atoms with van der Waals surface area (Å²) in [4.78, 5) is 23.3. The Morgan fingerprint density at radius 3 is 2.19 bits per heavy atom. The molecule has 0 aromatic heterocycles. The molecule has 114 valence electrons. The molecule has 1 aliphatic rings. The van der Waals surface area contributed by atoms with Crippen molar-refractivity contribution in [2.75, 3.05) is 31.5 Å². The van der Waals surface area contributed by atoms with Crippen LogP contribution in [0, 0.1) is 0 Å². The molecule has 1 aliphatic heterocycles. The topological polar surface area (TPSA) is 86.8 Å². The Morgan fingerprint density at radius 1 is 1.14 bits per heavy atom. The average molecular weight is 311 g/mol. The van der Waals surface area contributed by atoms with Crippen molar-refractivity contribution >= 4 is 28.0 Å². The molecule has 2 rings (SSSR count). The van der Waals surface area contributed by atoms with Gasteiger partial charge in [0.2, 0.25) is 22.3 Å². The largest absolute Gasteiger partial charge is 0.343 e. The van der Waals surface area contributed by atoms with Gasteiger partial charge in [-0.1, -0.05) is 0 Å². The molecule has 8 heteroatoms. The van der Waals surface area contributed by atoms with Crippen molar-refractivity contribution in [1.29, 1.82) is 0 Å². The Balaban J connectivity index is 2.12. The van der Waals surface area contributed by atoms with Gasteiger partial charge in [0.25, 0.3) is 0 Å². The van der Waals surface area contributed by atoms with E-state index in [4.69, 9.17) is 0 Å². The minimum atomic E-state index is -3.56. The van der Waals surface area contributed by atoms with Crippen LogP contribution in [0.3, 0.4) is 0 Å². The van der Waals surface area contributed by atoms with Gasteiger partial charge in [0.1, 0.15) is 0 Å². The first-order valence-electron chi connectivity index (χ1n) is 6.50. The fourth-order valence-electron chi connectivity index (χ4n) is 2.11. The number of benzene rings is 1. The van der Waals surface area contributed by atoms with Crippen LogP contribution in [0.4, 0.5) is 5.69 Å². The third-order valence-electron chi connectivity index (χ3n) is 3.23. The molecule has 21 heavy (non-hydrogen) atoms. The van der Waals surface area contributed by atoms with Crippen molar-refractivity contribution in [1.82, 2.24) is 9.21 Å². The van der Waals surface area contributed by atoms with E-state index in [0.717, 1.165) is 6.41 Å². The van der Waals surface area contributed by atoms with Crippen molar-refractivity contribution in [2.45, 2.75) is 11.8 Å². The standard InChI is InChI=1S/C13H17N3O4S/c1-11(18)14-12-2-4-13(5-3-12)21(19,20)16-8-6-15(10-17)7-9-16/h2-5,10H,6-9H2,1H3,(H,14,18). The molecule has 0 bridgehead atoms. The van der Waals surface area contributed by atoms with Gasteiger partial charge in [-0.2, -0.15) is 4.31 Å². The number of hydrogen-bond acceptors (Lipinski definition) is 4. The second-order valence-electron chi connectivity index (χ2n) is 4.75. The fraction of sp³-hybridized carbons (Fsp3) is 0.385. The Bertz CT molecular complexity index is 619. The van der Waals surface area contributed by atoms with E-state index in [1.807, 2.05) is 0 Å². The third-order valence-corrected chi connectivity index (χ3v) is 5.15. The molecule has 1 fully saturated rings. The monoisotopic (exact) mass is 311 g/mol. The van der Waals surface area contributed by atoms with Crippen LogP contribution in [0.1, 0.15) is 6.92 Å². The smallest absolute Gasteiger partial charge is 0.243 e. The summed E-state index contributed by atoms with van der Waals surface area (Å²) >= 11 is 0. The van der Waals surface area contributed by atoms with Crippen LogP contribution < -0.4 is 5.32 Å². The Labute approximate surface area is 123 Å². The molecule has 0 saturated carbocycles. The first kappa shape index (κ1) is 15.5. The highest BCUT2D eigenvalue weighted by molar-refractivity contribution is 7.89. The van der Waals surface area contributed by atoms with E-state index in [-0.39, 0.29) is 23.9 Å². The predicted octanol–water partition coefficient (Wildman–Crippen LogP) is 0.108. The minimum absolute atomic E-state index is 0.177. The SMILES string of the molecule is CC(=O)Nc1ccc(S(=O)(=O)N2CCN(C=O)CC2)cc1. The molecule has 1 aromatic carbocycles. The summed E-state index contributed by atoms with van der Waals surface area (Å²) in [5.41, 5.74) is 0.548. The number of carbonyl (C=O) groups is 2. The number of rotatable bonds is 4. The van der Waals surface area contributed by atoms with Crippen molar-refractivity contribution < 1.29 is 18.0 Å². The lowest BCUT2D eigenvalue weighted by Gasteiger charge is -2.31. The molecule has 0 atom stereocenters. The van der Waals surface area contributed by atoms with Gasteiger partial charge in [0.05, 0.1) is 4.90 Å². The zero-order valence-corrected chi connectivity index (χ0v) is 12.5. The zero-order chi connectivity index (χ0) is 15.5. The van der Waals surface area contributed by atoms with Crippen LogP contribution in [-0.2, 0) is 19.6 Å². The van der Waals surface area contributed by atoms with Gasteiger partial charge >= 0.3 is 0 Å². The van der Waals surface area contributed by atoms with E-state index < -0.39 is 10.0 Å². The highest BCUT2D eigenvalue weighted by Crippen LogP contribution is 2.19. The molecule has 2 amide bonds. The van der Waals surface area contributed by atoms with Crippen LogP contribution in [0.15, 0.2) is 29.2 Å². The quantitative estimate of drug-likeness (QED) is 0.800. The normalized spacial score (nSPS) is 16.5. The highest BCUT2D eigenvalue weighted by Gasteiger charge is 2.27. The maximum absolute atomic E-state index is 12.4. The molecule has 1 heterocycles. The van der Waals surface area contributed by atoms with Crippen molar-refractivity contribution in [3.63, 3.8) is 0 Å². The Kier molecular flexibility index (Phi) is 4.59. The van der Waals surface area contributed by atoms with Crippen LogP contribution in [-0.4, -0.2) is 56.1 Å². The zero-order valence-electron chi connectivity index (χ0n) is 11.7. The number of anilines is 1. The van der Waals surface area contributed by atoms with E-state index in [0.29, 0.717) is 18.8 Å². The average Bonchev–Trinajstić information content (AvgIpc) is 2.47. The minimum Gasteiger partial charge on any atom is -0.343 e. The number of sulfonamides is 1. The number of amides is 2. The van der Waals surface area contributed by atoms with Crippen molar-refractivity contribution in [3.05, 3.63) is 24.3 Å². The highest BCUT2D eigenvalue weighted by atomic mass is 32.2. The third kappa shape index (κ3) is 3.59. The van der Waals surface area contributed by atoms with Gasteiger partial charge in [-0.25, -0.2) is 8.42 Å². The first-order chi connectivity index (χ1) is 9.93. The van der Waals surface area contributed by atoms with Gasteiger partial charge < -0.3 is 10.2 Å². The summed E-state index contributed by atoms with van der Waals surface area (Å²) in [6.07, 6.45) is 0.728. The summed E-state index contributed by atoms with van der Waals surface area (Å²) in [6, 6.07) is 6.03. The first-order valence-corrected chi connectivity index (χ1v) is 7.94. The molecule has 0 aliphatic carbocycles. The van der Waals surface area contributed by atoms with E-state index in [1.165, 1.54) is 23.4 Å². The van der Waals surface area contributed by atoms with Crippen LogP contribution in [0.2, 0.25) is 0 Å². The number of hydrogen-bond donors (Lipinski definition) is 1. The van der Waals surface area contributed by atoms with Gasteiger partial charge in [-0.15, -0.1) is 0 Å². The molecule has 1 N–H and O–H groups in total. The van der Waals surface area contributed by atoms with Gasteiger partial charge in [0, 0.05) is 38.8 Å². The Hall–Kier alpha value is -1.93. The van der Waals surface area contributed by atoms with E-state index in [1.54, 1.807) is 17.0 Å². The number of nitrogens with one attached hydrogen (secondary N) is 1. The maximum Gasteiger partial charge on any atom is 0.243 e. The van der Waals surface area contributed by atoms with Gasteiger partial charge in [-0.05, 0) is 24.3 Å². The van der Waals surface area contributed by atoms with Crippen LogP contribution >= 0.6 is 0 Å². The molecule has 7 nitrogen and oxygen atoms in total. The molecule has 0 spiro atoms. The lowest BCUT2D eigenvalue weighted by Crippen LogP contribution is -2.47. The maximum atomic E-state index is 12.4. The summed E-state index contributed by atoms with van der Waals surface area (Å²) < 4.78 is 26.3. The molecule has 0 radical (unpaired) electrons. The van der Waals surface area contributed by atoms with Crippen LogP contribution in [0.5, 0.6) is 0 Å². The lowest BCUT2D eigenvalue weighted by molar-refractivity contribution is -0.119. The second kappa shape index (κ2) is 6.23. The van der Waals surface area contributed by atoms with Gasteiger partial charge in [-0.3, -0.25) is 9.59 Å². The van der Waals surface area contributed by atoms with Gasteiger partial charge in [0.15, 0.2) is 0 Å². The summed E-state index contributed by atoms with van der Waals surface area (Å²) in [5, 5.41) is 2.58. The fourth-order valence-corrected chi connectivity index (χ4v) is 3.53. The molecular weight excluding hydrogens is 294 g/mol. The molecule has 1 aromatic rings. The van der Waals surface area contributed by atoms with Crippen molar-refractivity contribution in [2.24, 2.45) is 0 Å². The molecule has 0 unspecified atom stereocenters. The Morgan fingerprint density at radius 2 is 1.71 bits per heavy atom. The van der Waals surface area contributed by atoms with E-state index in [2.05, 4.69) is 5.32 Å². The van der Waals surface area contributed by atoms with E-state index >= 15 is 0 Å². The number of nitrogens with zero attached hydrogens (tertiary/aromatic N) is 2. The molecule has 1 saturated heterocycles. The summed E-state index contributed by atoms with van der Waals surface area (Å²) in [5.74, 6) is -0.212. The molecular formula is C13H17N3O4S. The van der Waals surface area contributed by atoms with E-state index in [9.17, 15) is 18.0 Å². The predicted molar refractivity (Wildman–Crippen MR) is 77.1 cm³/mol. The summed E-state index contributed by atoms with van der Waals surface area (Å²) in [6.45, 7) is 2.75. The van der Waals surface area contributed by atoms with Crippen molar-refractivity contribution in [3.8, 4) is 0 Å².